The summed E-state index contributed by atoms with van der Waals surface area (Å²) in [5, 5.41) is 9.87. The summed E-state index contributed by atoms with van der Waals surface area (Å²) in [4.78, 5) is 15.7. The Labute approximate surface area is 283 Å². The Kier molecular flexibility index (Phi) is 13.2. The van der Waals surface area contributed by atoms with Crippen LogP contribution in [-0.4, -0.2) is 102 Å². The van der Waals surface area contributed by atoms with Crippen LogP contribution in [0.2, 0.25) is 0 Å². The summed E-state index contributed by atoms with van der Waals surface area (Å²) in [6, 6.07) is 21.9. The van der Waals surface area contributed by atoms with Gasteiger partial charge in [0.2, 0.25) is 0 Å². The fourth-order valence-electron chi connectivity index (χ4n) is 6.32. The summed E-state index contributed by atoms with van der Waals surface area (Å²) in [7, 11) is 4.99. The Morgan fingerprint density at radius 1 is 0.917 bits per heavy atom. The lowest BCUT2D eigenvalue weighted by molar-refractivity contribution is -0.0778. The smallest absolute Gasteiger partial charge is 0.407 e. The van der Waals surface area contributed by atoms with E-state index in [0.29, 0.717) is 39.6 Å². The molecule has 0 aromatic heterocycles. The fraction of sp³-hybridized carbons (Fsp3) is 0.486. The zero-order chi connectivity index (χ0) is 33.7. The number of piperidine rings is 1. The van der Waals surface area contributed by atoms with Crippen LogP contribution in [-0.2, 0) is 32.2 Å². The van der Waals surface area contributed by atoms with Gasteiger partial charge in [0.1, 0.15) is 23.9 Å². The van der Waals surface area contributed by atoms with Crippen molar-refractivity contribution < 1.29 is 43.1 Å². The highest BCUT2D eigenvalue weighted by molar-refractivity contribution is 5.65. The molecule has 1 fully saturated rings. The van der Waals surface area contributed by atoms with Crippen molar-refractivity contribution in [3.05, 3.63) is 83.4 Å². The fourth-order valence-corrected chi connectivity index (χ4v) is 6.32. The van der Waals surface area contributed by atoms with E-state index in [1.807, 2.05) is 60.7 Å². The molecule has 0 spiro atoms. The van der Waals surface area contributed by atoms with Crippen molar-refractivity contribution >= 4 is 11.8 Å². The van der Waals surface area contributed by atoms with Crippen molar-refractivity contribution in [2.24, 2.45) is 0 Å². The van der Waals surface area contributed by atoms with Crippen LogP contribution in [0.4, 0.5) is 10.5 Å². The van der Waals surface area contributed by atoms with Crippen molar-refractivity contribution in [3.8, 4) is 17.2 Å². The molecule has 2 heterocycles. The molecule has 1 saturated heterocycles. The highest BCUT2D eigenvalue weighted by Crippen LogP contribution is 2.36. The third kappa shape index (κ3) is 9.31. The lowest BCUT2D eigenvalue weighted by Gasteiger charge is -2.42. The highest BCUT2D eigenvalue weighted by Gasteiger charge is 2.40. The Morgan fingerprint density at radius 2 is 1.73 bits per heavy atom. The molecule has 3 aromatic rings. The number of anilines is 1. The van der Waals surface area contributed by atoms with Gasteiger partial charge in [-0.3, -0.25) is 0 Å². The van der Waals surface area contributed by atoms with Gasteiger partial charge >= 0.3 is 6.09 Å². The standard InChI is InChI=1S/C37H48N2O9/c1-42-18-6-16-38-17-21-47-33-15-10-27(22-31(33)38)25-48-35-24-39(37(40)41)23-34(44-3)36(35)28-11-13-30(14-12-28)46-20-7-19-45-26-29-8-4-5-9-32(29)43-2/h4-5,8-15,22,34-36H,6-7,16-21,23-26H2,1-3H3,(H,40,41). The zero-order valence-electron chi connectivity index (χ0n) is 28.2. The summed E-state index contributed by atoms with van der Waals surface area (Å²) in [6.45, 7) is 5.42. The first kappa shape index (κ1) is 35.3. The van der Waals surface area contributed by atoms with Crippen LogP contribution >= 0.6 is 0 Å². The minimum Gasteiger partial charge on any atom is -0.496 e. The molecule has 11 nitrogen and oxygen atoms in total. The number of benzene rings is 3. The van der Waals surface area contributed by atoms with E-state index in [-0.39, 0.29) is 25.1 Å². The van der Waals surface area contributed by atoms with Crippen LogP contribution in [0.5, 0.6) is 17.2 Å². The quantitative estimate of drug-likeness (QED) is 0.184. The number of carbonyl (C=O) groups is 1. The van der Waals surface area contributed by atoms with Crippen molar-refractivity contribution in [2.75, 3.05) is 78.8 Å². The molecule has 0 radical (unpaired) electrons. The van der Waals surface area contributed by atoms with Crippen LogP contribution in [0, 0.1) is 0 Å². The number of hydrogen-bond acceptors (Lipinski definition) is 9. The maximum absolute atomic E-state index is 12.1. The van der Waals surface area contributed by atoms with E-state index >= 15 is 0 Å². The lowest BCUT2D eigenvalue weighted by atomic mass is 9.84. The lowest BCUT2D eigenvalue weighted by Crippen LogP contribution is -2.54. The molecule has 2 aliphatic heterocycles. The molecule has 3 aromatic carbocycles. The van der Waals surface area contributed by atoms with Gasteiger partial charge in [-0.05, 0) is 47.9 Å². The first-order valence-corrected chi connectivity index (χ1v) is 16.5. The normalized spacial score (nSPS) is 19.0. The van der Waals surface area contributed by atoms with Crippen molar-refractivity contribution in [1.82, 2.24) is 4.90 Å². The third-order valence-corrected chi connectivity index (χ3v) is 8.82. The number of rotatable bonds is 17. The second-order valence-corrected chi connectivity index (χ2v) is 12.0. The number of amides is 1. The number of hydrogen-bond donors (Lipinski definition) is 1. The molecule has 1 amide bonds. The Bertz CT molecular complexity index is 1440. The molecule has 3 unspecified atom stereocenters. The molecule has 11 heteroatoms. The van der Waals surface area contributed by atoms with Gasteiger partial charge in [-0.25, -0.2) is 4.79 Å². The second kappa shape index (κ2) is 17.9. The van der Waals surface area contributed by atoms with Crippen molar-refractivity contribution in [3.63, 3.8) is 0 Å². The van der Waals surface area contributed by atoms with E-state index in [4.69, 9.17) is 33.2 Å². The maximum atomic E-state index is 12.1. The summed E-state index contributed by atoms with van der Waals surface area (Å²) >= 11 is 0. The number of likely N-dealkylation sites (tertiary alicyclic amines) is 1. The van der Waals surface area contributed by atoms with Crippen LogP contribution in [0.1, 0.15) is 35.4 Å². The molecule has 5 rings (SSSR count). The molecule has 48 heavy (non-hydrogen) atoms. The molecule has 0 aliphatic carbocycles. The van der Waals surface area contributed by atoms with Gasteiger partial charge in [-0.15, -0.1) is 0 Å². The molecule has 0 saturated carbocycles. The number of ether oxygens (including phenoxy) is 7. The maximum Gasteiger partial charge on any atom is 0.407 e. The molecule has 0 bridgehead atoms. The van der Waals surface area contributed by atoms with Gasteiger partial charge in [-0.2, -0.15) is 0 Å². The summed E-state index contributed by atoms with van der Waals surface area (Å²) < 4.78 is 40.7. The summed E-state index contributed by atoms with van der Waals surface area (Å²) in [6.07, 6.45) is -0.117. The van der Waals surface area contributed by atoms with Gasteiger partial charge in [0.25, 0.3) is 0 Å². The van der Waals surface area contributed by atoms with Crippen LogP contribution in [0.25, 0.3) is 0 Å². The molecular weight excluding hydrogens is 616 g/mol. The van der Waals surface area contributed by atoms with E-state index < -0.39 is 12.2 Å². The van der Waals surface area contributed by atoms with Crippen molar-refractivity contribution in [2.45, 2.75) is 44.2 Å². The average Bonchev–Trinajstić information content (AvgIpc) is 3.12. The largest absolute Gasteiger partial charge is 0.496 e. The number of fused-ring (bicyclic) bond motifs is 1. The number of methoxy groups -OCH3 is 3. The van der Waals surface area contributed by atoms with E-state index in [9.17, 15) is 9.90 Å². The minimum absolute atomic E-state index is 0.172. The van der Waals surface area contributed by atoms with E-state index in [1.54, 1.807) is 21.3 Å². The average molecular weight is 665 g/mol. The minimum atomic E-state index is -0.989. The summed E-state index contributed by atoms with van der Waals surface area (Å²) in [5.41, 5.74) is 4.05. The molecular formula is C37H48N2O9. The van der Waals surface area contributed by atoms with E-state index in [0.717, 1.165) is 65.6 Å². The second-order valence-electron chi connectivity index (χ2n) is 12.0. The van der Waals surface area contributed by atoms with Crippen LogP contribution < -0.4 is 19.1 Å². The predicted molar refractivity (Wildman–Crippen MR) is 182 cm³/mol. The highest BCUT2D eigenvalue weighted by atomic mass is 16.5. The summed E-state index contributed by atoms with van der Waals surface area (Å²) in [5.74, 6) is 2.26. The number of nitrogens with zero attached hydrogens (tertiary/aromatic N) is 2. The molecule has 2 aliphatic rings. The van der Waals surface area contributed by atoms with Crippen LogP contribution in [0.15, 0.2) is 66.7 Å². The monoisotopic (exact) mass is 664 g/mol. The van der Waals surface area contributed by atoms with Gasteiger partial charge in [0.05, 0.1) is 71.1 Å². The first-order valence-electron chi connectivity index (χ1n) is 16.5. The van der Waals surface area contributed by atoms with E-state index in [2.05, 4.69) is 11.0 Å². The molecule has 3 atom stereocenters. The van der Waals surface area contributed by atoms with Gasteiger partial charge < -0.3 is 48.1 Å². The predicted octanol–water partition coefficient (Wildman–Crippen LogP) is 5.59. The Morgan fingerprint density at radius 3 is 2.50 bits per heavy atom. The first-order chi connectivity index (χ1) is 23.5. The topological polar surface area (TPSA) is 108 Å². The molecule has 260 valence electrons. The van der Waals surface area contributed by atoms with Crippen LogP contribution in [0.3, 0.4) is 0 Å². The SMILES string of the molecule is COCCCN1CCOc2ccc(COC3CN(C(=O)O)CC(OC)C3c3ccc(OCCCOCc4ccccc4OC)cc3)cc21. The number of para-hydroxylation sites is 1. The molecule has 1 N–H and O–H groups in total. The van der Waals surface area contributed by atoms with Crippen molar-refractivity contribution in [1.29, 1.82) is 0 Å². The third-order valence-electron chi connectivity index (χ3n) is 8.82. The van der Waals surface area contributed by atoms with Gasteiger partial charge in [-0.1, -0.05) is 36.4 Å². The van der Waals surface area contributed by atoms with Gasteiger partial charge in [0, 0.05) is 45.3 Å². The number of carboxylic acid groups (broad SMARTS) is 1. The van der Waals surface area contributed by atoms with E-state index in [1.165, 1.54) is 4.90 Å². The Hall–Kier alpha value is -4.03. The Balaban J connectivity index is 1.19. The van der Waals surface area contributed by atoms with Gasteiger partial charge in [0.15, 0.2) is 0 Å². The zero-order valence-corrected chi connectivity index (χ0v) is 28.2.